The molecule has 5 rings (SSSR count). The molecule has 3 aliphatic carbocycles. The Morgan fingerprint density at radius 1 is 1.03 bits per heavy atom. The minimum absolute atomic E-state index is 0.0143. The average molecular weight is 459 g/mol. The van der Waals surface area contributed by atoms with Gasteiger partial charge < -0.3 is 21.1 Å². The van der Waals surface area contributed by atoms with Crippen molar-refractivity contribution in [1.82, 2.24) is 15.0 Å². The van der Waals surface area contributed by atoms with Gasteiger partial charge in [0.25, 0.3) is 5.91 Å². The average Bonchev–Trinajstić information content (AvgIpc) is 2.73. The second-order valence-corrected chi connectivity index (χ2v) is 9.66. The number of pyridine rings is 1. The Kier molecular flexibility index (Phi) is 5.54. The van der Waals surface area contributed by atoms with Gasteiger partial charge in [0.1, 0.15) is 17.5 Å². The molecule has 2 aromatic rings. The van der Waals surface area contributed by atoms with Gasteiger partial charge >= 0.3 is 0 Å². The van der Waals surface area contributed by atoms with Crippen molar-refractivity contribution in [3.05, 3.63) is 36.2 Å². The highest BCUT2D eigenvalue weighted by molar-refractivity contribution is 5.94. The summed E-state index contributed by atoms with van der Waals surface area (Å²) in [4.78, 5) is 24.5. The lowest BCUT2D eigenvalue weighted by atomic mass is 9.53. The van der Waals surface area contributed by atoms with Gasteiger partial charge in [-0.3, -0.25) is 4.79 Å². The van der Waals surface area contributed by atoms with Crippen LogP contribution >= 0.6 is 0 Å². The molecule has 176 valence electrons. The predicted molar refractivity (Wildman–Crippen MR) is 118 cm³/mol. The first kappa shape index (κ1) is 21.8. The number of aromatic nitrogens is 3. The lowest BCUT2D eigenvalue weighted by Crippen LogP contribution is -2.56. The Labute approximate surface area is 190 Å². The third-order valence-corrected chi connectivity index (χ3v) is 7.05. The summed E-state index contributed by atoms with van der Waals surface area (Å²) in [5, 5.41) is 6.65. The molecule has 8 nitrogen and oxygen atoms in total. The highest BCUT2D eigenvalue weighted by atomic mass is 19.3. The van der Waals surface area contributed by atoms with Crippen LogP contribution < -0.4 is 21.1 Å². The monoisotopic (exact) mass is 458 g/mol. The third kappa shape index (κ3) is 4.84. The topological polar surface area (TPSA) is 115 Å². The van der Waals surface area contributed by atoms with Crippen molar-refractivity contribution in [2.75, 3.05) is 10.6 Å². The molecule has 0 bridgehead atoms. The van der Waals surface area contributed by atoms with E-state index in [9.17, 15) is 13.6 Å². The molecule has 2 heterocycles. The zero-order valence-corrected chi connectivity index (χ0v) is 18.3. The predicted octanol–water partition coefficient (Wildman–Crippen LogP) is 3.76. The van der Waals surface area contributed by atoms with Gasteiger partial charge in [-0.25, -0.2) is 18.7 Å². The summed E-state index contributed by atoms with van der Waals surface area (Å²) < 4.78 is 32.6. The molecule has 2 aromatic heterocycles. The van der Waals surface area contributed by atoms with E-state index in [1.54, 1.807) is 30.6 Å². The number of carbonyl (C=O) groups excluding carboxylic acids is 1. The Hall–Kier alpha value is -3.04. The lowest BCUT2D eigenvalue weighted by molar-refractivity contribution is -0.0760. The number of ether oxygens (including phenoxy) is 1. The van der Waals surface area contributed by atoms with Crippen LogP contribution in [0.2, 0.25) is 0 Å². The molecule has 3 aliphatic rings. The van der Waals surface area contributed by atoms with Crippen molar-refractivity contribution in [2.24, 2.45) is 11.1 Å². The maximum Gasteiger partial charge on any atom is 0.254 e. The fraction of sp³-hybridized carbons (Fsp3) is 0.565. The zero-order chi connectivity index (χ0) is 23.1. The van der Waals surface area contributed by atoms with E-state index in [-0.39, 0.29) is 36.4 Å². The number of amides is 1. The van der Waals surface area contributed by atoms with Gasteiger partial charge in [0, 0.05) is 37.3 Å². The Balaban J connectivity index is 1.08. The molecule has 0 unspecified atom stereocenters. The Morgan fingerprint density at radius 2 is 1.79 bits per heavy atom. The smallest absolute Gasteiger partial charge is 0.254 e. The standard InChI is InChI=1S/C23H28F2N6O2/c24-23(25)6-3-14(4-7-23)29-18-5-9-28-21(31-18)30-15-10-22(11-15)12-16(13-22)33-20-17(19(26)32)2-1-8-27-20/h1-2,5,8-9,14-16H,3-4,6-7,10-13H2,(H2,26,32)(H2,28,29,30,31). The van der Waals surface area contributed by atoms with Crippen molar-refractivity contribution in [3.63, 3.8) is 0 Å². The van der Waals surface area contributed by atoms with Crippen LogP contribution in [0.15, 0.2) is 30.6 Å². The summed E-state index contributed by atoms with van der Waals surface area (Å²) in [6.07, 6.45) is 7.83. The number of rotatable bonds is 7. The van der Waals surface area contributed by atoms with Crippen LogP contribution in [0.3, 0.4) is 0 Å². The van der Waals surface area contributed by atoms with E-state index in [0.29, 0.717) is 36.1 Å². The molecule has 10 heteroatoms. The Bertz CT molecular complexity index is 1010. The number of anilines is 2. The minimum atomic E-state index is -2.54. The van der Waals surface area contributed by atoms with E-state index in [2.05, 4.69) is 25.6 Å². The van der Waals surface area contributed by atoms with Gasteiger partial charge in [-0.1, -0.05) is 0 Å². The number of hydrogen-bond donors (Lipinski definition) is 3. The molecule has 0 aliphatic heterocycles. The van der Waals surface area contributed by atoms with Gasteiger partial charge in [0.15, 0.2) is 0 Å². The quantitative estimate of drug-likeness (QED) is 0.579. The molecule has 33 heavy (non-hydrogen) atoms. The number of nitrogens with one attached hydrogen (secondary N) is 2. The molecule has 3 saturated carbocycles. The van der Waals surface area contributed by atoms with Gasteiger partial charge in [-0.15, -0.1) is 0 Å². The van der Waals surface area contributed by atoms with E-state index < -0.39 is 11.8 Å². The molecular formula is C23H28F2N6O2. The van der Waals surface area contributed by atoms with Crippen LogP contribution in [-0.4, -0.2) is 45.0 Å². The maximum absolute atomic E-state index is 13.4. The van der Waals surface area contributed by atoms with E-state index in [1.807, 2.05) is 0 Å². The summed E-state index contributed by atoms with van der Waals surface area (Å²) in [6, 6.07) is 5.35. The number of nitrogens with two attached hydrogens (primary N) is 1. The van der Waals surface area contributed by atoms with Gasteiger partial charge in [0.2, 0.25) is 17.8 Å². The molecule has 0 atom stereocenters. The first-order valence-corrected chi connectivity index (χ1v) is 11.4. The van der Waals surface area contributed by atoms with E-state index in [0.717, 1.165) is 25.7 Å². The minimum Gasteiger partial charge on any atom is -0.474 e. The Morgan fingerprint density at radius 3 is 2.52 bits per heavy atom. The van der Waals surface area contributed by atoms with E-state index in [4.69, 9.17) is 10.5 Å². The van der Waals surface area contributed by atoms with E-state index in [1.165, 1.54) is 0 Å². The molecular weight excluding hydrogens is 430 g/mol. The van der Waals surface area contributed by atoms with Crippen LogP contribution in [0, 0.1) is 5.41 Å². The summed E-state index contributed by atoms with van der Waals surface area (Å²) >= 11 is 0. The second-order valence-electron chi connectivity index (χ2n) is 9.66. The first-order valence-electron chi connectivity index (χ1n) is 11.4. The van der Waals surface area contributed by atoms with Crippen molar-refractivity contribution in [3.8, 4) is 5.88 Å². The number of nitrogens with zero attached hydrogens (tertiary/aromatic N) is 3. The van der Waals surface area contributed by atoms with Crippen LogP contribution in [-0.2, 0) is 0 Å². The highest BCUT2D eigenvalue weighted by Gasteiger charge is 2.54. The molecule has 0 radical (unpaired) electrons. The molecule has 1 spiro atoms. The van der Waals surface area contributed by atoms with Gasteiger partial charge in [0.05, 0.1) is 0 Å². The van der Waals surface area contributed by atoms with Crippen molar-refractivity contribution in [1.29, 1.82) is 0 Å². The number of primary amides is 1. The van der Waals surface area contributed by atoms with Crippen LogP contribution in [0.4, 0.5) is 20.5 Å². The third-order valence-electron chi connectivity index (χ3n) is 7.05. The van der Waals surface area contributed by atoms with Crippen molar-refractivity contribution in [2.45, 2.75) is 75.5 Å². The SMILES string of the molecule is NC(=O)c1cccnc1OC1CC2(CC(Nc3nccc(NC4CCC(F)(F)CC4)n3)C2)C1. The van der Waals surface area contributed by atoms with Gasteiger partial charge in [-0.05, 0) is 62.1 Å². The van der Waals surface area contributed by atoms with E-state index >= 15 is 0 Å². The molecule has 4 N–H and O–H groups in total. The number of hydrogen-bond acceptors (Lipinski definition) is 7. The molecule has 0 aromatic carbocycles. The fourth-order valence-electron chi connectivity index (χ4n) is 5.33. The molecule has 0 saturated heterocycles. The van der Waals surface area contributed by atoms with Gasteiger partial charge in [-0.2, -0.15) is 4.98 Å². The van der Waals surface area contributed by atoms with Crippen molar-refractivity contribution >= 4 is 17.7 Å². The largest absolute Gasteiger partial charge is 0.474 e. The highest BCUT2D eigenvalue weighted by Crippen LogP contribution is 2.57. The van der Waals surface area contributed by atoms with Crippen molar-refractivity contribution < 1.29 is 18.3 Å². The summed E-state index contributed by atoms with van der Waals surface area (Å²) in [7, 11) is 0. The fourth-order valence-corrected chi connectivity index (χ4v) is 5.33. The summed E-state index contributed by atoms with van der Waals surface area (Å²) in [5.41, 5.74) is 5.94. The van der Waals surface area contributed by atoms with Crippen LogP contribution in [0.1, 0.15) is 61.7 Å². The zero-order valence-electron chi connectivity index (χ0n) is 18.3. The normalized spacial score (nSPS) is 28.4. The number of halogens is 2. The first-order chi connectivity index (χ1) is 15.8. The second kappa shape index (κ2) is 8.39. The number of carbonyl (C=O) groups is 1. The lowest BCUT2D eigenvalue weighted by Gasteiger charge is -2.57. The summed E-state index contributed by atoms with van der Waals surface area (Å²) in [5.74, 6) is -1.57. The maximum atomic E-state index is 13.4. The summed E-state index contributed by atoms with van der Waals surface area (Å²) in [6.45, 7) is 0. The van der Waals surface area contributed by atoms with Crippen LogP contribution in [0.25, 0.3) is 0 Å². The van der Waals surface area contributed by atoms with Crippen LogP contribution in [0.5, 0.6) is 5.88 Å². The molecule has 3 fully saturated rings. The number of alkyl halides is 2. The molecule has 1 amide bonds.